The van der Waals surface area contributed by atoms with Gasteiger partial charge in [0, 0.05) is 12.6 Å². The number of hydrogen-bond acceptors (Lipinski definition) is 3. The lowest BCUT2D eigenvalue weighted by molar-refractivity contribution is -0.123. The molecule has 4 nitrogen and oxygen atoms in total. The zero-order valence-electron chi connectivity index (χ0n) is 11.5. The van der Waals surface area contributed by atoms with Crippen LogP contribution in [-0.4, -0.2) is 31.6 Å². The van der Waals surface area contributed by atoms with Gasteiger partial charge < -0.3 is 15.4 Å². The summed E-state index contributed by atoms with van der Waals surface area (Å²) in [6.07, 6.45) is 5.49. The van der Waals surface area contributed by atoms with E-state index in [1.165, 1.54) is 11.1 Å². The van der Waals surface area contributed by atoms with E-state index in [4.69, 9.17) is 4.74 Å². The van der Waals surface area contributed by atoms with Crippen LogP contribution < -0.4 is 15.4 Å². The Balaban J connectivity index is 1.52. The normalized spacial score (nSPS) is 18.3. The van der Waals surface area contributed by atoms with E-state index in [0.29, 0.717) is 6.04 Å². The fourth-order valence-electron chi connectivity index (χ4n) is 2.30. The minimum absolute atomic E-state index is 0.0300. The Morgan fingerprint density at radius 3 is 2.75 bits per heavy atom. The van der Waals surface area contributed by atoms with Crippen molar-refractivity contribution in [1.82, 2.24) is 10.6 Å². The largest absolute Gasteiger partial charge is 0.484 e. The molecule has 1 amide bonds. The van der Waals surface area contributed by atoms with Crippen LogP contribution in [0.2, 0.25) is 0 Å². The van der Waals surface area contributed by atoms with Crippen LogP contribution in [0, 0.1) is 0 Å². The van der Waals surface area contributed by atoms with Gasteiger partial charge in [-0.1, -0.05) is 18.2 Å². The molecule has 4 heteroatoms. The molecule has 20 heavy (non-hydrogen) atoms. The molecule has 1 heterocycles. The summed E-state index contributed by atoms with van der Waals surface area (Å²) < 4.78 is 5.49. The SMILES string of the molecule is O=C(COc1ccc(C2=CCNCC2)cc1)NC1CC1. The van der Waals surface area contributed by atoms with Gasteiger partial charge in [0.1, 0.15) is 5.75 Å². The van der Waals surface area contributed by atoms with Gasteiger partial charge in [0.15, 0.2) is 6.61 Å². The highest BCUT2D eigenvalue weighted by atomic mass is 16.5. The molecule has 0 radical (unpaired) electrons. The van der Waals surface area contributed by atoms with Gasteiger partial charge in [0.05, 0.1) is 0 Å². The van der Waals surface area contributed by atoms with E-state index in [2.05, 4.69) is 28.8 Å². The van der Waals surface area contributed by atoms with Gasteiger partial charge in [0.25, 0.3) is 5.91 Å². The Bertz CT molecular complexity index is 504. The summed E-state index contributed by atoms with van der Waals surface area (Å²) >= 11 is 0. The van der Waals surface area contributed by atoms with E-state index in [0.717, 1.165) is 38.1 Å². The summed E-state index contributed by atoms with van der Waals surface area (Å²) in [6.45, 7) is 2.07. The van der Waals surface area contributed by atoms with Crippen LogP contribution in [0.4, 0.5) is 0 Å². The molecular weight excluding hydrogens is 252 g/mol. The first-order valence-corrected chi connectivity index (χ1v) is 7.23. The topological polar surface area (TPSA) is 50.4 Å². The fourth-order valence-corrected chi connectivity index (χ4v) is 2.30. The molecule has 0 saturated heterocycles. The van der Waals surface area contributed by atoms with E-state index in [1.807, 2.05) is 12.1 Å². The zero-order valence-corrected chi connectivity index (χ0v) is 11.5. The second kappa shape index (κ2) is 6.09. The first-order valence-electron chi connectivity index (χ1n) is 7.23. The standard InChI is InChI=1S/C16H20N2O2/c19-16(18-14-3-4-14)11-20-15-5-1-12(2-6-15)13-7-9-17-10-8-13/h1-2,5-7,14,17H,3-4,8-11H2,(H,18,19). The fraction of sp³-hybridized carbons (Fsp3) is 0.438. The molecule has 0 bridgehead atoms. The Morgan fingerprint density at radius 1 is 1.30 bits per heavy atom. The lowest BCUT2D eigenvalue weighted by atomic mass is 10.0. The van der Waals surface area contributed by atoms with Crippen molar-refractivity contribution < 1.29 is 9.53 Å². The minimum atomic E-state index is -0.0300. The summed E-state index contributed by atoms with van der Waals surface area (Å²) in [5.74, 6) is 0.715. The summed E-state index contributed by atoms with van der Waals surface area (Å²) in [5.41, 5.74) is 2.61. The number of nitrogens with one attached hydrogen (secondary N) is 2. The molecule has 1 saturated carbocycles. The van der Waals surface area contributed by atoms with Crippen molar-refractivity contribution in [2.24, 2.45) is 0 Å². The third-order valence-corrected chi connectivity index (χ3v) is 3.60. The smallest absolute Gasteiger partial charge is 0.258 e. The first kappa shape index (κ1) is 13.2. The average molecular weight is 272 g/mol. The highest BCUT2D eigenvalue weighted by Gasteiger charge is 2.23. The van der Waals surface area contributed by atoms with E-state index < -0.39 is 0 Å². The first-order chi connectivity index (χ1) is 9.81. The number of carbonyl (C=O) groups excluding carboxylic acids is 1. The maximum Gasteiger partial charge on any atom is 0.258 e. The van der Waals surface area contributed by atoms with Gasteiger partial charge in [-0.3, -0.25) is 4.79 Å². The van der Waals surface area contributed by atoms with Gasteiger partial charge in [-0.25, -0.2) is 0 Å². The molecule has 1 aromatic carbocycles. The molecule has 106 valence electrons. The van der Waals surface area contributed by atoms with Crippen molar-refractivity contribution >= 4 is 11.5 Å². The second-order valence-corrected chi connectivity index (χ2v) is 5.34. The Kier molecular flexibility index (Phi) is 4.02. The number of benzene rings is 1. The van der Waals surface area contributed by atoms with Crippen LogP contribution in [0.25, 0.3) is 5.57 Å². The Hall–Kier alpha value is -1.81. The summed E-state index contributed by atoms with van der Waals surface area (Å²) in [4.78, 5) is 11.5. The minimum Gasteiger partial charge on any atom is -0.484 e. The van der Waals surface area contributed by atoms with Crippen LogP contribution in [0.1, 0.15) is 24.8 Å². The molecule has 0 spiro atoms. The lowest BCUT2D eigenvalue weighted by Gasteiger charge is -2.14. The van der Waals surface area contributed by atoms with Crippen molar-refractivity contribution in [2.45, 2.75) is 25.3 Å². The van der Waals surface area contributed by atoms with Crippen LogP contribution >= 0.6 is 0 Å². The Morgan fingerprint density at radius 2 is 2.10 bits per heavy atom. The van der Waals surface area contributed by atoms with Crippen molar-refractivity contribution in [3.05, 3.63) is 35.9 Å². The number of ether oxygens (including phenoxy) is 1. The maximum atomic E-state index is 11.5. The quantitative estimate of drug-likeness (QED) is 0.858. The third kappa shape index (κ3) is 3.61. The zero-order chi connectivity index (χ0) is 13.8. The number of amides is 1. The predicted octanol–water partition coefficient (Wildman–Crippen LogP) is 1.72. The molecule has 0 aromatic heterocycles. The molecule has 0 atom stereocenters. The van der Waals surface area contributed by atoms with Gasteiger partial charge >= 0.3 is 0 Å². The summed E-state index contributed by atoms with van der Waals surface area (Å²) in [5, 5.41) is 6.21. The number of carbonyl (C=O) groups is 1. The van der Waals surface area contributed by atoms with E-state index in [1.54, 1.807) is 0 Å². The molecule has 1 aromatic rings. The molecule has 1 fully saturated rings. The maximum absolute atomic E-state index is 11.5. The van der Waals surface area contributed by atoms with Crippen molar-refractivity contribution in [3.63, 3.8) is 0 Å². The van der Waals surface area contributed by atoms with Crippen molar-refractivity contribution in [1.29, 1.82) is 0 Å². The highest BCUT2D eigenvalue weighted by molar-refractivity contribution is 5.78. The molecule has 0 unspecified atom stereocenters. The van der Waals surface area contributed by atoms with Gasteiger partial charge in [-0.2, -0.15) is 0 Å². The number of hydrogen-bond donors (Lipinski definition) is 2. The Labute approximate surface area is 119 Å². The van der Waals surface area contributed by atoms with Crippen LogP contribution in [0.3, 0.4) is 0 Å². The third-order valence-electron chi connectivity index (χ3n) is 3.60. The monoisotopic (exact) mass is 272 g/mol. The molecule has 1 aliphatic heterocycles. The lowest BCUT2D eigenvalue weighted by Crippen LogP contribution is -2.30. The second-order valence-electron chi connectivity index (χ2n) is 5.34. The summed E-state index contributed by atoms with van der Waals surface area (Å²) in [7, 11) is 0. The van der Waals surface area contributed by atoms with Crippen LogP contribution in [0.5, 0.6) is 5.75 Å². The van der Waals surface area contributed by atoms with Crippen LogP contribution in [-0.2, 0) is 4.79 Å². The molecule has 2 aliphatic rings. The number of rotatable bonds is 5. The average Bonchev–Trinajstić information content (AvgIpc) is 3.31. The van der Waals surface area contributed by atoms with E-state index in [9.17, 15) is 4.79 Å². The van der Waals surface area contributed by atoms with Crippen molar-refractivity contribution in [2.75, 3.05) is 19.7 Å². The molecule has 3 rings (SSSR count). The molecule has 2 N–H and O–H groups in total. The molecular formula is C16H20N2O2. The van der Waals surface area contributed by atoms with Gasteiger partial charge in [0.2, 0.25) is 0 Å². The summed E-state index contributed by atoms with van der Waals surface area (Å²) in [6, 6.07) is 8.38. The van der Waals surface area contributed by atoms with Gasteiger partial charge in [-0.15, -0.1) is 0 Å². The van der Waals surface area contributed by atoms with Crippen LogP contribution in [0.15, 0.2) is 30.3 Å². The predicted molar refractivity (Wildman–Crippen MR) is 78.6 cm³/mol. The highest BCUT2D eigenvalue weighted by Crippen LogP contribution is 2.22. The van der Waals surface area contributed by atoms with Gasteiger partial charge in [-0.05, 0) is 49.1 Å². The van der Waals surface area contributed by atoms with E-state index >= 15 is 0 Å². The van der Waals surface area contributed by atoms with E-state index in [-0.39, 0.29) is 12.5 Å². The molecule has 1 aliphatic carbocycles. The van der Waals surface area contributed by atoms with Crippen molar-refractivity contribution in [3.8, 4) is 5.75 Å².